The molecule has 7 nitrogen and oxygen atoms in total. The molecule has 16 heavy (non-hydrogen) atoms. The number of nitrogens with one attached hydrogen (secondary N) is 1. The maximum absolute atomic E-state index is 11.8. The summed E-state index contributed by atoms with van der Waals surface area (Å²) in [6.45, 7) is 1.76. The number of nitrogens with two attached hydrogens (primary N) is 1. The van der Waals surface area contributed by atoms with Crippen molar-refractivity contribution in [2.24, 2.45) is 5.84 Å². The van der Waals surface area contributed by atoms with E-state index in [0.29, 0.717) is 12.1 Å². The van der Waals surface area contributed by atoms with E-state index in [2.05, 4.69) is 15.3 Å². The number of aromatic nitrogens is 2. The van der Waals surface area contributed by atoms with Crippen molar-refractivity contribution >= 4 is 11.9 Å². The number of hydrogen-bond donors (Lipinski definition) is 2. The number of urea groups is 1. The number of hydrogen-bond acceptors (Lipinski definition) is 5. The summed E-state index contributed by atoms with van der Waals surface area (Å²) in [7, 11) is 0. The second-order valence-electron chi connectivity index (χ2n) is 3.43. The van der Waals surface area contributed by atoms with Crippen molar-refractivity contribution in [2.75, 3.05) is 0 Å². The van der Waals surface area contributed by atoms with E-state index in [1.165, 1.54) is 18.6 Å². The Kier molecular flexibility index (Phi) is 2.31. The van der Waals surface area contributed by atoms with Crippen molar-refractivity contribution in [1.29, 1.82) is 0 Å². The van der Waals surface area contributed by atoms with Gasteiger partial charge >= 0.3 is 6.03 Å². The topological polar surface area (TPSA) is 101 Å². The van der Waals surface area contributed by atoms with E-state index < -0.39 is 17.5 Å². The van der Waals surface area contributed by atoms with Gasteiger partial charge in [-0.3, -0.25) is 20.1 Å². The van der Waals surface area contributed by atoms with Crippen LogP contribution in [-0.2, 0) is 10.3 Å². The highest BCUT2D eigenvalue weighted by Crippen LogP contribution is 2.32. The van der Waals surface area contributed by atoms with Crippen LogP contribution in [0.15, 0.2) is 18.6 Å². The average molecular weight is 221 g/mol. The first kappa shape index (κ1) is 10.5. The standard InChI is InChI=1S/C9H11N5O2/c1-2-9(6-5-11-3-4-12-6)7(15)13-8(16)14(9)10/h3-5H,2,10H2,1H3,(H,13,15,16). The van der Waals surface area contributed by atoms with Crippen molar-refractivity contribution in [2.45, 2.75) is 18.9 Å². The van der Waals surface area contributed by atoms with E-state index in [9.17, 15) is 9.59 Å². The minimum atomic E-state index is -1.24. The van der Waals surface area contributed by atoms with Gasteiger partial charge in [0, 0.05) is 12.4 Å². The number of amides is 3. The number of imide groups is 1. The third-order valence-electron chi connectivity index (χ3n) is 2.72. The molecule has 1 saturated heterocycles. The Morgan fingerprint density at radius 3 is 2.69 bits per heavy atom. The second-order valence-corrected chi connectivity index (χ2v) is 3.43. The van der Waals surface area contributed by atoms with Gasteiger partial charge in [-0.05, 0) is 6.42 Å². The van der Waals surface area contributed by atoms with Crippen LogP contribution in [-0.4, -0.2) is 26.9 Å². The first-order chi connectivity index (χ1) is 7.63. The van der Waals surface area contributed by atoms with Gasteiger partial charge in [0.25, 0.3) is 5.91 Å². The van der Waals surface area contributed by atoms with Crippen LogP contribution in [0.25, 0.3) is 0 Å². The van der Waals surface area contributed by atoms with Gasteiger partial charge in [-0.25, -0.2) is 15.6 Å². The van der Waals surface area contributed by atoms with Crippen LogP contribution in [0.4, 0.5) is 4.79 Å². The van der Waals surface area contributed by atoms with Gasteiger partial charge in [0.15, 0.2) is 5.54 Å². The van der Waals surface area contributed by atoms with Gasteiger partial charge in [-0.2, -0.15) is 0 Å². The van der Waals surface area contributed by atoms with Crippen molar-refractivity contribution in [3.63, 3.8) is 0 Å². The summed E-state index contributed by atoms with van der Waals surface area (Å²) in [6.07, 6.45) is 4.71. The highest BCUT2D eigenvalue weighted by molar-refractivity contribution is 6.06. The first-order valence-electron chi connectivity index (χ1n) is 4.79. The largest absolute Gasteiger partial charge is 0.339 e. The van der Waals surface area contributed by atoms with E-state index in [0.717, 1.165) is 5.01 Å². The highest BCUT2D eigenvalue weighted by Gasteiger charge is 2.53. The van der Waals surface area contributed by atoms with Crippen molar-refractivity contribution in [3.8, 4) is 0 Å². The van der Waals surface area contributed by atoms with Gasteiger partial charge in [0.05, 0.1) is 11.9 Å². The van der Waals surface area contributed by atoms with Crippen LogP contribution in [0.3, 0.4) is 0 Å². The van der Waals surface area contributed by atoms with Gasteiger partial charge in [0.1, 0.15) is 0 Å². The van der Waals surface area contributed by atoms with E-state index in [1.807, 2.05) is 0 Å². The molecule has 0 aromatic carbocycles. The quantitative estimate of drug-likeness (QED) is 0.398. The SMILES string of the molecule is CCC1(c2cnccn2)C(=O)NC(=O)N1N. The van der Waals surface area contributed by atoms with Crippen molar-refractivity contribution < 1.29 is 9.59 Å². The Morgan fingerprint density at radius 2 is 2.25 bits per heavy atom. The van der Waals surface area contributed by atoms with E-state index in [-0.39, 0.29) is 0 Å². The molecule has 0 aliphatic carbocycles. The maximum Gasteiger partial charge on any atom is 0.339 e. The molecule has 2 rings (SSSR count). The maximum atomic E-state index is 11.8. The van der Waals surface area contributed by atoms with Crippen LogP contribution in [0.2, 0.25) is 0 Å². The monoisotopic (exact) mass is 221 g/mol. The lowest BCUT2D eigenvalue weighted by atomic mass is 9.92. The van der Waals surface area contributed by atoms with Crippen LogP contribution in [0, 0.1) is 0 Å². The highest BCUT2D eigenvalue weighted by atomic mass is 16.2. The summed E-state index contributed by atoms with van der Waals surface area (Å²) in [6, 6.07) is -0.627. The normalized spacial score (nSPS) is 24.8. The smallest absolute Gasteiger partial charge is 0.274 e. The third-order valence-corrected chi connectivity index (χ3v) is 2.72. The molecule has 1 fully saturated rings. The van der Waals surface area contributed by atoms with Crippen LogP contribution < -0.4 is 11.2 Å². The van der Waals surface area contributed by atoms with E-state index in [4.69, 9.17) is 5.84 Å². The summed E-state index contributed by atoms with van der Waals surface area (Å²) in [4.78, 5) is 31.1. The Morgan fingerprint density at radius 1 is 1.50 bits per heavy atom. The Hall–Kier alpha value is -2.02. The lowest BCUT2D eigenvalue weighted by molar-refractivity contribution is -0.127. The molecule has 3 amide bonds. The molecular formula is C9H11N5O2. The summed E-state index contributed by atoms with van der Waals surface area (Å²) < 4.78 is 0. The van der Waals surface area contributed by atoms with Crippen molar-refractivity contribution in [3.05, 3.63) is 24.3 Å². The molecule has 1 aromatic rings. The number of hydrazine groups is 1. The molecule has 0 radical (unpaired) electrons. The summed E-state index contributed by atoms with van der Waals surface area (Å²) >= 11 is 0. The first-order valence-corrected chi connectivity index (χ1v) is 4.79. The third kappa shape index (κ3) is 1.18. The molecule has 84 valence electrons. The summed E-state index contributed by atoms with van der Waals surface area (Å²) in [5.74, 6) is 5.15. The lowest BCUT2D eigenvalue weighted by Gasteiger charge is -2.29. The molecule has 0 spiro atoms. The Bertz CT molecular complexity index is 435. The molecule has 1 aliphatic rings. The Labute approximate surface area is 91.6 Å². The predicted molar refractivity (Wildman–Crippen MR) is 53.6 cm³/mol. The fraction of sp³-hybridized carbons (Fsp3) is 0.333. The molecule has 7 heteroatoms. The van der Waals surface area contributed by atoms with E-state index in [1.54, 1.807) is 6.92 Å². The summed E-state index contributed by atoms with van der Waals surface area (Å²) in [5, 5.41) is 3.04. The zero-order chi connectivity index (χ0) is 11.8. The fourth-order valence-corrected chi connectivity index (χ4v) is 1.81. The minimum absolute atomic E-state index is 0.333. The van der Waals surface area contributed by atoms with Crippen LogP contribution >= 0.6 is 0 Å². The Balaban J connectivity index is 2.56. The minimum Gasteiger partial charge on any atom is -0.274 e. The molecule has 0 saturated carbocycles. The fourth-order valence-electron chi connectivity index (χ4n) is 1.81. The molecular weight excluding hydrogens is 210 g/mol. The zero-order valence-electron chi connectivity index (χ0n) is 8.67. The number of carbonyl (C=O) groups is 2. The molecule has 1 atom stereocenters. The van der Waals surface area contributed by atoms with Crippen LogP contribution in [0.5, 0.6) is 0 Å². The predicted octanol–water partition coefficient (Wildman–Crippen LogP) is -0.493. The van der Waals surface area contributed by atoms with Gasteiger partial charge in [-0.1, -0.05) is 6.92 Å². The van der Waals surface area contributed by atoms with Gasteiger partial charge in [-0.15, -0.1) is 0 Å². The van der Waals surface area contributed by atoms with Crippen molar-refractivity contribution in [1.82, 2.24) is 20.3 Å². The summed E-state index contributed by atoms with van der Waals surface area (Å²) in [5.41, 5.74) is -0.880. The average Bonchev–Trinajstić information content (AvgIpc) is 2.52. The lowest BCUT2D eigenvalue weighted by Crippen LogP contribution is -2.51. The zero-order valence-corrected chi connectivity index (χ0v) is 8.67. The molecule has 3 N–H and O–H groups in total. The van der Waals surface area contributed by atoms with Gasteiger partial charge < -0.3 is 0 Å². The number of nitrogens with zero attached hydrogens (tertiary/aromatic N) is 3. The number of rotatable bonds is 2. The molecule has 1 unspecified atom stereocenters. The molecule has 1 aliphatic heterocycles. The number of carbonyl (C=O) groups excluding carboxylic acids is 2. The molecule has 0 bridgehead atoms. The molecule has 1 aromatic heterocycles. The van der Waals surface area contributed by atoms with E-state index >= 15 is 0 Å². The molecule has 2 heterocycles. The second kappa shape index (κ2) is 3.53. The van der Waals surface area contributed by atoms with Gasteiger partial charge in [0.2, 0.25) is 0 Å². The van der Waals surface area contributed by atoms with Crippen LogP contribution in [0.1, 0.15) is 19.0 Å².